The summed E-state index contributed by atoms with van der Waals surface area (Å²) in [6, 6.07) is 13.0. The molecule has 1 aromatic heterocycles. The summed E-state index contributed by atoms with van der Waals surface area (Å²) < 4.78 is 48.1. The molecule has 4 rings (SSSR count). The molecule has 2 aromatic carbocycles. The smallest absolute Gasteiger partial charge is 0.452 e. The van der Waals surface area contributed by atoms with E-state index in [0.29, 0.717) is 29.3 Å². The van der Waals surface area contributed by atoms with Crippen molar-refractivity contribution in [1.82, 2.24) is 9.36 Å². The van der Waals surface area contributed by atoms with Crippen LogP contribution < -0.4 is 10.2 Å². The summed E-state index contributed by atoms with van der Waals surface area (Å²) in [5.41, 5.74) is 3.42. The number of anilines is 3. The van der Waals surface area contributed by atoms with E-state index in [9.17, 15) is 27.9 Å². The minimum Gasteiger partial charge on any atom is -0.478 e. The molecule has 1 aliphatic rings. The highest BCUT2D eigenvalue weighted by Crippen LogP contribution is 2.41. The maximum absolute atomic E-state index is 13.3. The molecule has 0 spiro atoms. The van der Waals surface area contributed by atoms with E-state index in [1.165, 1.54) is 7.11 Å². The van der Waals surface area contributed by atoms with Crippen molar-refractivity contribution in [1.29, 1.82) is 0 Å². The number of nitrogens with one attached hydrogen (secondary N) is 1. The van der Waals surface area contributed by atoms with Crippen LogP contribution in [0.2, 0.25) is 0 Å². The van der Waals surface area contributed by atoms with Gasteiger partial charge in [-0.25, -0.2) is 4.79 Å². The maximum atomic E-state index is 13.3. The van der Waals surface area contributed by atoms with Gasteiger partial charge in [-0.05, 0) is 72.8 Å². The van der Waals surface area contributed by atoms with Gasteiger partial charge in [0.25, 0.3) is 0 Å². The van der Waals surface area contributed by atoms with Crippen LogP contribution in [0.25, 0.3) is 0 Å². The zero-order valence-electron chi connectivity index (χ0n) is 24.6. The fourth-order valence-electron chi connectivity index (χ4n) is 5.75. The molecule has 0 radical (unpaired) electrons. The van der Waals surface area contributed by atoms with Crippen molar-refractivity contribution in [2.45, 2.75) is 76.9 Å². The molecule has 8 nitrogen and oxygen atoms in total. The van der Waals surface area contributed by atoms with Crippen LogP contribution in [0.4, 0.5) is 29.7 Å². The van der Waals surface area contributed by atoms with E-state index in [0.717, 1.165) is 42.5 Å². The number of ether oxygens (including phenoxy) is 1. The van der Waals surface area contributed by atoms with Crippen LogP contribution in [0.3, 0.4) is 0 Å². The fourth-order valence-corrected chi connectivity index (χ4v) is 6.35. The molecular weight excluding hydrogens is 581 g/mol. The number of esters is 1. The summed E-state index contributed by atoms with van der Waals surface area (Å²) in [5.74, 6) is -2.25. The average Bonchev–Trinajstić information content (AvgIpc) is 3.45. The first-order valence-electron chi connectivity index (χ1n) is 14.3. The summed E-state index contributed by atoms with van der Waals surface area (Å²) in [4.78, 5) is 29.8. The lowest BCUT2D eigenvalue weighted by molar-refractivity contribution is -0.144. The minimum atomic E-state index is -4.66. The Kier molecular flexibility index (Phi) is 10.3. The number of methoxy groups -OCH3 is 1. The van der Waals surface area contributed by atoms with Gasteiger partial charge >= 0.3 is 18.1 Å². The quantitative estimate of drug-likeness (QED) is 0.209. The van der Waals surface area contributed by atoms with Crippen LogP contribution in [0, 0.1) is 5.92 Å². The van der Waals surface area contributed by atoms with E-state index in [2.05, 4.69) is 33.4 Å². The van der Waals surface area contributed by atoms with Gasteiger partial charge in [0.15, 0.2) is 0 Å². The molecule has 3 aromatic rings. The molecule has 1 heterocycles. The molecule has 1 atom stereocenters. The van der Waals surface area contributed by atoms with Crippen LogP contribution >= 0.6 is 11.5 Å². The zero-order chi connectivity index (χ0) is 31.3. The second-order valence-corrected chi connectivity index (χ2v) is 12.2. The monoisotopic (exact) mass is 618 g/mol. The number of hydrogen-bond acceptors (Lipinski definition) is 8. The molecule has 0 amide bonds. The molecule has 1 aliphatic carbocycles. The number of alkyl halides is 3. The number of hydrogen-bond donors (Lipinski definition) is 2. The SMILES string of the molecule is COC(=O)CC(C)c1ccc(N(CC(C)C)C2CCC(c3ccccc3C(=O)O)CC2)c(Nc2nc(C(F)(F)F)ns2)c1. The molecule has 0 aliphatic heterocycles. The number of carboxylic acids is 1. The van der Waals surface area contributed by atoms with Gasteiger partial charge in [-0.1, -0.05) is 45.0 Å². The van der Waals surface area contributed by atoms with Crippen LogP contribution in [-0.2, 0) is 15.7 Å². The van der Waals surface area contributed by atoms with Crippen LogP contribution in [0.5, 0.6) is 0 Å². The Morgan fingerprint density at radius 1 is 1.12 bits per heavy atom. The number of carbonyl (C=O) groups excluding carboxylic acids is 1. The Bertz CT molecular complexity index is 1420. The van der Waals surface area contributed by atoms with Gasteiger partial charge in [-0.15, -0.1) is 0 Å². The molecule has 0 bridgehead atoms. The number of aromatic nitrogens is 2. The van der Waals surface area contributed by atoms with Crippen molar-refractivity contribution in [2.24, 2.45) is 5.92 Å². The second kappa shape index (κ2) is 13.7. The first kappa shape index (κ1) is 32.2. The third-order valence-corrected chi connectivity index (χ3v) is 8.48. The Balaban J connectivity index is 1.66. The lowest BCUT2D eigenvalue weighted by Crippen LogP contribution is -2.40. The number of carbonyl (C=O) groups is 2. The Labute approximate surface area is 253 Å². The number of halogens is 3. The van der Waals surface area contributed by atoms with Gasteiger partial charge in [0, 0.05) is 24.1 Å². The van der Waals surface area contributed by atoms with Crippen molar-refractivity contribution in [3.05, 3.63) is 65.0 Å². The van der Waals surface area contributed by atoms with Crippen molar-refractivity contribution in [2.75, 3.05) is 23.9 Å². The number of benzene rings is 2. The summed E-state index contributed by atoms with van der Waals surface area (Å²) in [6.45, 7) is 6.82. The lowest BCUT2D eigenvalue weighted by atomic mass is 9.79. The maximum Gasteiger partial charge on any atom is 0.452 e. The lowest BCUT2D eigenvalue weighted by Gasteiger charge is -2.40. The highest BCUT2D eigenvalue weighted by atomic mass is 32.1. The highest BCUT2D eigenvalue weighted by Gasteiger charge is 2.36. The van der Waals surface area contributed by atoms with E-state index in [1.807, 2.05) is 37.3 Å². The van der Waals surface area contributed by atoms with Gasteiger partial charge in [-0.3, -0.25) is 4.79 Å². The van der Waals surface area contributed by atoms with Crippen molar-refractivity contribution in [3.63, 3.8) is 0 Å². The molecule has 43 heavy (non-hydrogen) atoms. The van der Waals surface area contributed by atoms with Gasteiger partial charge in [0.2, 0.25) is 11.0 Å². The summed E-state index contributed by atoms with van der Waals surface area (Å²) in [5, 5.41) is 12.8. The van der Waals surface area contributed by atoms with Crippen molar-refractivity contribution < 1.29 is 32.6 Å². The average molecular weight is 619 g/mol. The molecule has 2 N–H and O–H groups in total. The normalized spacial score (nSPS) is 17.9. The Hall–Kier alpha value is -3.67. The fraction of sp³-hybridized carbons (Fsp3) is 0.484. The Morgan fingerprint density at radius 3 is 2.42 bits per heavy atom. The van der Waals surface area contributed by atoms with E-state index in [4.69, 9.17) is 4.74 Å². The van der Waals surface area contributed by atoms with E-state index in [1.54, 1.807) is 12.1 Å². The third kappa shape index (κ3) is 8.04. The van der Waals surface area contributed by atoms with E-state index in [-0.39, 0.29) is 41.3 Å². The van der Waals surface area contributed by atoms with Crippen LogP contribution in [0.1, 0.15) is 92.0 Å². The topological polar surface area (TPSA) is 105 Å². The predicted molar refractivity (Wildman–Crippen MR) is 160 cm³/mol. The largest absolute Gasteiger partial charge is 0.478 e. The summed E-state index contributed by atoms with van der Waals surface area (Å²) in [7, 11) is 1.33. The van der Waals surface area contributed by atoms with Gasteiger partial charge < -0.3 is 20.1 Å². The van der Waals surface area contributed by atoms with E-state index >= 15 is 0 Å². The molecular formula is C31H37F3N4O4S. The van der Waals surface area contributed by atoms with Gasteiger partial charge in [0.1, 0.15) is 0 Å². The van der Waals surface area contributed by atoms with Gasteiger partial charge in [-0.2, -0.15) is 22.5 Å². The first-order valence-corrected chi connectivity index (χ1v) is 15.1. The number of nitrogens with zero attached hydrogens (tertiary/aromatic N) is 3. The van der Waals surface area contributed by atoms with Gasteiger partial charge in [0.05, 0.1) is 30.5 Å². The zero-order valence-corrected chi connectivity index (χ0v) is 25.5. The number of aromatic carboxylic acids is 1. The molecule has 12 heteroatoms. The molecule has 1 fully saturated rings. The molecule has 1 saturated carbocycles. The minimum absolute atomic E-state index is 0.0184. The van der Waals surface area contributed by atoms with Crippen molar-refractivity contribution in [3.8, 4) is 0 Å². The van der Waals surface area contributed by atoms with E-state index < -0.39 is 18.0 Å². The van der Waals surface area contributed by atoms with Crippen LogP contribution in [-0.4, -0.2) is 46.1 Å². The number of rotatable bonds is 11. The summed E-state index contributed by atoms with van der Waals surface area (Å²) in [6.07, 6.45) is -1.23. The second-order valence-electron chi connectivity index (χ2n) is 11.4. The van der Waals surface area contributed by atoms with Crippen LogP contribution in [0.15, 0.2) is 42.5 Å². The standard InChI is InChI=1S/C31H37F3N4O4S/c1-18(2)17-38(22-12-9-20(10-13-22)23-7-5-6-8-24(23)28(40)41)26-14-11-21(19(3)15-27(39)42-4)16-25(26)35-30-36-29(37-43-30)31(32,33)34/h5-8,11,14,16,18-20,22H,9-10,12-13,15,17H2,1-4H3,(H,40,41)(H,35,36,37). The first-order chi connectivity index (χ1) is 20.4. The Morgan fingerprint density at radius 2 is 1.81 bits per heavy atom. The number of carboxylic acid groups (broad SMARTS) is 1. The summed E-state index contributed by atoms with van der Waals surface area (Å²) >= 11 is 0.638. The molecule has 232 valence electrons. The highest BCUT2D eigenvalue weighted by molar-refractivity contribution is 7.09. The van der Waals surface area contributed by atoms with Crippen molar-refractivity contribution >= 4 is 40.0 Å². The molecule has 1 unspecified atom stereocenters. The predicted octanol–water partition coefficient (Wildman–Crippen LogP) is 7.85. The third-order valence-electron chi connectivity index (χ3n) is 7.85. The molecule has 0 saturated heterocycles.